The molecule has 5 heteroatoms. The zero-order chi connectivity index (χ0) is 13.9. The van der Waals surface area contributed by atoms with E-state index in [2.05, 4.69) is 24.2 Å². The van der Waals surface area contributed by atoms with Crippen molar-refractivity contribution in [3.63, 3.8) is 0 Å². The van der Waals surface area contributed by atoms with Crippen LogP contribution < -0.4 is 9.47 Å². The molecule has 2 aromatic rings. The molecular weight excluding hydrogens is 274 g/mol. The highest BCUT2D eigenvalue weighted by Crippen LogP contribution is 2.30. The van der Waals surface area contributed by atoms with E-state index >= 15 is 0 Å². The average molecular weight is 289 g/mol. The molecule has 0 fully saturated rings. The second-order valence-electron chi connectivity index (χ2n) is 4.50. The normalized spacial score (nSPS) is 15.2. The number of hydrogen-bond donors (Lipinski definition) is 1. The Morgan fingerprint density at radius 1 is 1.30 bits per heavy atom. The molecule has 0 unspecified atom stereocenters. The standard InChI is InChI=1S/C15H15NO3S/c1-2-11-4-5-12(20-11)8-18-10-3-6-13-14(16-17)9-19-15(13)7-10/h3-7,17H,2,8-9H2,1H3. The third-order valence-electron chi connectivity index (χ3n) is 3.20. The second-order valence-corrected chi connectivity index (χ2v) is 5.76. The van der Waals surface area contributed by atoms with Crippen molar-refractivity contribution in [1.82, 2.24) is 0 Å². The minimum atomic E-state index is 0.306. The van der Waals surface area contributed by atoms with Crippen LogP contribution in [-0.4, -0.2) is 17.5 Å². The first-order valence-corrected chi connectivity index (χ1v) is 7.30. The number of nitrogens with zero attached hydrogens (tertiary/aromatic N) is 1. The molecule has 1 aromatic heterocycles. The lowest BCUT2D eigenvalue weighted by atomic mass is 10.1. The van der Waals surface area contributed by atoms with Crippen LogP contribution in [0, 0.1) is 0 Å². The van der Waals surface area contributed by atoms with Gasteiger partial charge in [-0.1, -0.05) is 12.1 Å². The van der Waals surface area contributed by atoms with E-state index < -0.39 is 0 Å². The maximum Gasteiger partial charge on any atom is 0.134 e. The van der Waals surface area contributed by atoms with Crippen molar-refractivity contribution in [2.75, 3.05) is 6.61 Å². The molecule has 0 aliphatic carbocycles. The summed E-state index contributed by atoms with van der Waals surface area (Å²) in [7, 11) is 0. The van der Waals surface area contributed by atoms with Gasteiger partial charge >= 0.3 is 0 Å². The van der Waals surface area contributed by atoms with E-state index in [4.69, 9.17) is 14.7 Å². The molecule has 4 nitrogen and oxygen atoms in total. The van der Waals surface area contributed by atoms with Crippen LogP contribution in [0.1, 0.15) is 22.2 Å². The quantitative estimate of drug-likeness (QED) is 0.692. The van der Waals surface area contributed by atoms with Gasteiger partial charge in [-0.15, -0.1) is 11.3 Å². The summed E-state index contributed by atoms with van der Waals surface area (Å²) in [5.41, 5.74) is 1.38. The van der Waals surface area contributed by atoms with Crippen molar-refractivity contribution in [3.8, 4) is 11.5 Å². The maximum atomic E-state index is 8.84. The van der Waals surface area contributed by atoms with Crippen LogP contribution in [0.15, 0.2) is 35.5 Å². The smallest absolute Gasteiger partial charge is 0.134 e. The molecule has 0 amide bonds. The van der Waals surface area contributed by atoms with Crippen LogP contribution in [0.25, 0.3) is 0 Å². The van der Waals surface area contributed by atoms with Crippen molar-refractivity contribution < 1.29 is 14.7 Å². The predicted octanol–water partition coefficient (Wildman–Crippen LogP) is 3.46. The van der Waals surface area contributed by atoms with Crippen molar-refractivity contribution in [2.45, 2.75) is 20.0 Å². The minimum absolute atomic E-state index is 0.306. The van der Waals surface area contributed by atoms with Gasteiger partial charge in [0.25, 0.3) is 0 Å². The molecule has 20 heavy (non-hydrogen) atoms. The molecular formula is C15H15NO3S. The fourth-order valence-electron chi connectivity index (χ4n) is 2.10. The molecule has 104 valence electrons. The van der Waals surface area contributed by atoms with Crippen LogP contribution >= 0.6 is 11.3 Å². The van der Waals surface area contributed by atoms with Crippen LogP contribution in [0.4, 0.5) is 0 Å². The Balaban J connectivity index is 1.70. The molecule has 1 aliphatic rings. The number of fused-ring (bicyclic) bond motifs is 1. The fraction of sp³-hybridized carbons (Fsp3) is 0.267. The largest absolute Gasteiger partial charge is 0.488 e. The van der Waals surface area contributed by atoms with E-state index in [1.54, 1.807) is 11.3 Å². The predicted molar refractivity (Wildman–Crippen MR) is 78.3 cm³/mol. The van der Waals surface area contributed by atoms with E-state index in [-0.39, 0.29) is 0 Å². The monoisotopic (exact) mass is 289 g/mol. The van der Waals surface area contributed by atoms with Gasteiger partial charge in [0.15, 0.2) is 0 Å². The number of aryl methyl sites for hydroxylation is 1. The minimum Gasteiger partial charge on any atom is -0.488 e. The summed E-state index contributed by atoms with van der Waals surface area (Å²) in [6, 6.07) is 9.80. The van der Waals surface area contributed by atoms with Crippen LogP contribution in [0.3, 0.4) is 0 Å². The molecule has 0 saturated heterocycles. The van der Waals surface area contributed by atoms with E-state index in [0.717, 1.165) is 17.7 Å². The summed E-state index contributed by atoms with van der Waals surface area (Å²) in [5.74, 6) is 1.46. The van der Waals surface area contributed by atoms with E-state index in [9.17, 15) is 0 Å². The highest BCUT2D eigenvalue weighted by molar-refractivity contribution is 7.11. The molecule has 0 radical (unpaired) electrons. The van der Waals surface area contributed by atoms with Gasteiger partial charge in [-0.05, 0) is 30.7 Å². The van der Waals surface area contributed by atoms with Gasteiger partial charge in [0.1, 0.15) is 30.4 Å². The Labute approximate surface area is 121 Å². The van der Waals surface area contributed by atoms with E-state index in [0.29, 0.717) is 24.7 Å². The number of oxime groups is 1. The first-order chi connectivity index (χ1) is 9.80. The molecule has 0 atom stereocenters. The Kier molecular flexibility index (Phi) is 3.60. The third kappa shape index (κ3) is 2.49. The zero-order valence-electron chi connectivity index (χ0n) is 11.1. The third-order valence-corrected chi connectivity index (χ3v) is 4.40. The van der Waals surface area contributed by atoms with Crippen molar-refractivity contribution in [1.29, 1.82) is 0 Å². The lowest BCUT2D eigenvalue weighted by molar-refractivity contribution is 0.305. The molecule has 1 aromatic carbocycles. The summed E-state index contributed by atoms with van der Waals surface area (Å²) in [4.78, 5) is 2.57. The summed E-state index contributed by atoms with van der Waals surface area (Å²) in [6.45, 7) is 3.01. The second kappa shape index (κ2) is 5.54. The summed E-state index contributed by atoms with van der Waals surface area (Å²) in [5, 5.41) is 12.1. The Morgan fingerprint density at radius 2 is 2.15 bits per heavy atom. The molecule has 1 aliphatic heterocycles. The number of hydrogen-bond acceptors (Lipinski definition) is 5. The molecule has 3 rings (SSSR count). The first-order valence-electron chi connectivity index (χ1n) is 6.48. The molecule has 0 bridgehead atoms. The lowest BCUT2D eigenvalue weighted by Crippen LogP contribution is -2.01. The summed E-state index contributed by atoms with van der Waals surface area (Å²) < 4.78 is 11.2. The Morgan fingerprint density at radius 3 is 2.90 bits per heavy atom. The van der Waals surface area contributed by atoms with Gasteiger partial charge in [-0.2, -0.15) is 0 Å². The highest BCUT2D eigenvalue weighted by atomic mass is 32.1. The van der Waals surface area contributed by atoms with Crippen LogP contribution in [0.2, 0.25) is 0 Å². The Bertz CT molecular complexity index is 648. The van der Waals surface area contributed by atoms with E-state index in [1.807, 2.05) is 18.2 Å². The number of ether oxygens (including phenoxy) is 2. The summed E-state index contributed by atoms with van der Waals surface area (Å²) >= 11 is 1.77. The maximum absolute atomic E-state index is 8.84. The van der Waals surface area contributed by atoms with E-state index in [1.165, 1.54) is 9.75 Å². The van der Waals surface area contributed by atoms with Gasteiger partial charge in [0.2, 0.25) is 0 Å². The molecule has 0 saturated carbocycles. The fourth-order valence-corrected chi connectivity index (χ4v) is 2.97. The van der Waals surface area contributed by atoms with Crippen molar-refractivity contribution in [3.05, 3.63) is 45.6 Å². The van der Waals surface area contributed by atoms with Gasteiger partial charge in [0.05, 0.1) is 0 Å². The van der Waals surface area contributed by atoms with Gasteiger partial charge < -0.3 is 14.7 Å². The molecule has 0 spiro atoms. The lowest BCUT2D eigenvalue weighted by Gasteiger charge is -2.06. The van der Waals surface area contributed by atoms with Crippen molar-refractivity contribution >= 4 is 17.0 Å². The number of thiophene rings is 1. The van der Waals surface area contributed by atoms with Gasteiger partial charge in [-0.25, -0.2) is 0 Å². The number of rotatable bonds is 4. The SMILES string of the molecule is CCc1ccc(COc2ccc3c(c2)OCC3=NO)s1. The Hall–Kier alpha value is -2.01. The van der Waals surface area contributed by atoms with Crippen LogP contribution in [-0.2, 0) is 13.0 Å². The zero-order valence-corrected chi connectivity index (χ0v) is 11.9. The molecule has 2 heterocycles. The van der Waals surface area contributed by atoms with Gasteiger partial charge in [0, 0.05) is 21.4 Å². The summed E-state index contributed by atoms with van der Waals surface area (Å²) in [6.07, 6.45) is 1.06. The first kappa shape index (κ1) is 13.0. The number of benzene rings is 1. The topological polar surface area (TPSA) is 51.0 Å². The van der Waals surface area contributed by atoms with Crippen LogP contribution in [0.5, 0.6) is 11.5 Å². The van der Waals surface area contributed by atoms with Crippen molar-refractivity contribution in [2.24, 2.45) is 5.16 Å². The molecule has 1 N–H and O–H groups in total. The average Bonchev–Trinajstić information content (AvgIpc) is 3.10. The van der Waals surface area contributed by atoms with Gasteiger partial charge in [-0.3, -0.25) is 0 Å². The highest BCUT2D eigenvalue weighted by Gasteiger charge is 2.20.